The zero-order valence-corrected chi connectivity index (χ0v) is 10.4. The number of hydrogen-bond acceptors (Lipinski definition) is 1. The second-order valence-electron chi connectivity index (χ2n) is 3.28. The summed E-state index contributed by atoms with van der Waals surface area (Å²) in [5, 5.41) is 2.03. The highest BCUT2D eigenvalue weighted by Crippen LogP contribution is 2.30. The van der Waals surface area contributed by atoms with Gasteiger partial charge in [-0.05, 0) is 29.5 Å². The smallest absolute Gasteiger partial charge is 0.126 e. The van der Waals surface area contributed by atoms with Crippen molar-refractivity contribution >= 4 is 27.3 Å². The van der Waals surface area contributed by atoms with Gasteiger partial charge >= 0.3 is 0 Å². The van der Waals surface area contributed by atoms with Crippen molar-refractivity contribution in [2.45, 2.75) is 11.2 Å². The highest BCUT2D eigenvalue weighted by atomic mass is 79.9. The molecule has 1 heterocycles. The number of rotatable bonds is 3. The molecule has 2 aromatic rings. The first-order valence-corrected chi connectivity index (χ1v) is 6.48. The second kappa shape index (κ2) is 4.90. The number of alkyl halides is 1. The van der Waals surface area contributed by atoms with E-state index < -0.39 is 0 Å². The van der Waals surface area contributed by atoms with Crippen molar-refractivity contribution in [1.82, 2.24) is 0 Å². The molecule has 1 unspecified atom stereocenters. The Bertz CT molecular complexity index is 425. The van der Waals surface area contributed by atoms with Crippen molar-refractivity contribution in [2.24, 2.45) is 0 Å². The number of hydrogen-bond donors (Lipinski definition) is 0. The van der Waals surface area contributed by atoms with Crippen molar-refractivity contribution < 1.29 is 4.39 Å². The van der Waals surface area contributed by atoms with Gasteiger partial charge in [-0.15, -0.1) is 11.3 Å². The molecule has 0 nitrogen and oxygen atoms in total. The first kappa shape index (κ1) is 10.8. The third-order valence-electron chi connectivity index (χ3n) is 2.21. The molecule has 1 aromatic carbocycles. The van der Waals surface area contributed by atoms with Crippen molar-refractivity contribution in [3.8, 4) is 0 Å². The second-order valence-corrected chi connectivity index (χ2v) is 5.36. The van der Waals surface area contributed by atoms with Crippen LogP contribution in [0.25, 0.3) is 0 Å². The van der Waals surface area contributed by atoms with Gasteiger partial charge in [0.15, 0.2) is 0 Å². The minimum absolute atomic E-state index is 0.126. The van der Waals surface area contributed by atoms with E-state index in [1.165, 1.54) is 10.9 Å². The topological polar surface area (TPSA) is 0 Å². The zero-order chi connectivity index (χ0) is 10.7. The van der Waals surface area contributed by atoms with E-state index in [1.807, 2.05) is 23.6 Å². The fourth-order valence-corrected chi connectivity index (χ4v) is 2.95. The summed E-state index contributed by atoms with van der Waals surface area (Å²) in [6.45, 7) is 0. The first-order valence-electron chi connectivity index (χ1n) is 4.68. The van der Waals surface area contributed by atoms with E-state index in [2.05, 4.69) is 22.0 Å². The molecule has 0 spiro atoms. The molecule has 0 bridgehead atoms. The Morgan fingerprint density at radius 2 is 2.00 bits per heavy atom. The van der Waals surface area contributed by atoms with Crippen LogP contribution in [0.3, 0.4) is 0 Å². The normalized spacial score (nSPS) is 12.7. The van der Waals surface area contributed by atoms with Crippen LogP contribution in [0.1, 0.15) is 15.3 Å². The van der Waals surface area contributed by atoms with Gasteiger partial charge in [0.1, 0.15) is 5.82 Å². The molecule has 2 rings (SSSR count). The molecule has 15 heavy (non-hydrogen) atoms. The molecule has 0 aliphatic heterocycles. The fraction of sp³-hybridized carbons (Fsp3) is 0.167. The largest absolute Gasteiger partial charge is 0.207 e. The molecular formula is C12H10BrFS. The van der Waals surface area contributed by atoms with Gasteiger partial charge in [-0.3, -0.25) is 0 Å². The summed E-state index contributed by atoms with van der Waals surface area (Å²) >= 11 is 5.27. The van der Waals surface area contributed by atoms with Gasteiger partial charge in [0.25, 0.3) is 0 Å². The Kier molecular flexibility index (Phi) is 3.54. The summed E-state index contributed by atoms with van der Waals surface area (Å²) in [6, 6.07) is 11.0. The van der Waals surface area contributed by atoms with Crippen molar-refractivity contribution in [3.63, 3.8) is 0 Å². The summed E-state index contributed by atoms with van der Waals surface area (Å²) in [4.78, 5) is 1.44. The van der Waals surface area contributed by atoms with Crippen molar-refractivity contribution in [3.05, 3.63) is 58.0 Å². The van der Waals surface area contributed by atoms with Crippen LogP contribution < -0.4 is 0 Å². The van der Waals surface area contributed by atoms with Crippen molar-refractivity contribution in [1.29, 1.82) is 0 Å². The Morgan fingerprint density at radius 3 is 2.67 bits per heavy atom. The molecule has 0 fully saturated rings. The Balaban J connectivity index is 2.13. The van der Waals surface area contributed by atoms with Gasteiger partial charge < -0.3 is 0 Å². The summed E-state index contributed by atoms with van der Waals surface area (Å²) in [5.74, 6) is -0.126. The summed E-state index contributed by atoms with van der Waals surface area (Å²) in [7, 11) is 0. The van der Waals surface area contributed by atoms with Crippen LogP contribution in [-0.2, 0) is 6.42 Å². The predicted octanol–water partition coefficient (Wildman–Crippen LogP) is 4.57. The molecule has 0 saturated carbocycles. The van der Waals surface area contributed by atoms with E-state index in [1.54, 1.807) is 17.4 Å². The van der Waals surface area contributed by atoms with Crippen LogP contribution in [0, 0.1) is 5.82 Å². The zero-order valence-electron chi connectivity index (χ0n) is 7.99. The molecule has 0 amide bonds. The third-order valence-corrected chi connectivity index (χ3v) is 4.31. The van der Waals surface area contributed by atoms with Crippen LogP contribution in [0.4, 0.5) is 4.39 Å². The maximum Gasteiger partial charge on any atom is 0.126 e. The summed E-state index contributed by atoms with van der Waals surface area (Å²) < 4.78 is 13.4. The maximum atomic E-state index is 13.4. The van der Waals surface area contributed by atoms with Gasteiger partial charge in [-0.2, -0.15) is 0 Å². The monoisotopic (exact) mass is 284 g/mol. The molecule has 1 atom stereocenters. The van der Waals surface area contributed by atoms with Gasteiger partial charge in [-0.25, -0.2) is 4.39 Å². The highest BCUT2D eigenvalue weighted by Gasteiger charge is 2.11. The summed E-state index contributed by atoms with van der Waals surface area (Å²) in [5.41, 5.74) is 0.757. The van der Waals surface area contributed by atoms with Crippen LogP contribution in [0.2, 0.25) is 0 Å². The van der Waals surface area contributed by atoms with Gasteiger partial charge in [0.2, 0.25) is 0 Å². The van der Waals surface area contributed by atoms with Gasteiger partial charge in [0, 0.05) is 4.88 Å². The van der Waals surface area contributed by atoms with E-state index in [4.69, 9.17) is 0 Å². The van der Waals surface area contributed by atoms with Crippen LogP contribution in [-0.4, -0.2) is 0 Å². The van der Waals surface area contributed by atoms with E-state index in [0.29, 0.717) is 6.42 Å². The molecule has 0 aliphatic rings. The van der Waals surface area contributed by atoms with E-state index in [9.17, 15) is 4.39 Å². The Hall–Kier alpha value is -0.670. The third kappa shape index (κ3) is 2.67. The number of thiophene rings is 1. The number of benzene rings is 1. The molecule has 78 valence electrons. The molecule has 0 saturated heterocycles. The highest BCUT2D eigenvalue weighted by molar-refractivity contribution is 9.09. The van der Waals surface area contributed by atoms with E-state index in [0.717, 1.165) is 5.56 Å². The van der Waals surface area contributed by atoms with Crippen molar-refractivity contribution in [2.75, 3.05) is 0 Å². The molecule has 0 radical (unpaired) electrons. The average molecular weight is 285 g/mol. The minimum atomic E-state index is -0.126. The SMILES string of the molecule is Fc1ccccc1CC(Br)c1cccs1. The lowest BCUT2D eigenvalue weighted by atomic mass is 10.1. The standard InChI is InChI=1S/C12H10BrFS/c13-10(12-6-3-7-15-12)8-9-4-1-2-5-11(9)14/h1-7,10H,8H2. The first-order chi connectivity index (χ1) is 7.27. The molecule has 3 heteroatoms. The minimum Gasteiger partial charge on any atom is -0.207 e. The predicted molar refractivity (Wildman–Crippen MR) is 66.1 cm³/mol. The fourth-order valence-electron chi connectivity index (χ4n) is 1.43. The maximum absolute atomic E-state index is 13.4. The quantitative estimate of drug-likeness (QED) is 0.725. The van der Waals surface area contributed by atoms with Gasteiger partial charge in [0.05, 0.1) is 4.83 Å². The molecule has 0 N–H and O–H groups in total. The van der Waals surface area contributed by atoms with Crippen LogP contribution in [0.15, 0.2) is 41.8 Å². The average Bonchev–Trinajstić information content (AvgIpc) is 2.74. The van der Waals surface area contributed by atoms with Crippen LogP contribution >= 0.6 is 27.3 Å². The Labute approximate surface area is 101 Å². The van der Waals surface area contributed by atoms with E-state index >= 15 is 0 Å². The lowest BCUT2D eigenvalue weighted by molar-refractivity contribution is 0.608. The lowest BCUT2D eigenvalue weighted by Crippen LogP contribution is -1.95. The number of halogens is 2. The molecule has 1 aromatic heterocycles. The molecular weight excluding hydrogens is 275 g/mol. The molecule has 0 aliphatic carbocycles. The lowest BCUT2D eigenvalue weighted by Gasteiger charge is -2.08. The van der Waals surface area contributed by atoms with E-state index in [-0.39, 0.29) is 10.6 Å². The van der Waals surface area contributed by atoms with Gasteiger partial charge in [-0.1, -0.05) is 40.2 Å². The Morgan fingerprint density at radius 1 is 1.20 bits per heavy atom. The summed E-state index contributed by atoms with van der Waals surface area (Å²) in [6.07, 6.45) is 0.688. The van der Waals surface area contributed by atoms with Crippen LogP contribution in [0.5, 0.6) is 0 Å².